The molecule has 7 nitrogen and oxygen atoms in total. The first-order chi connectivity index (χ1) is 28.8. The molecule has 0 spiro atoms. The lowest BCUT2D eigenvalue weighted by Crippen LogP contribution is -2.16. The minimum Gasteiger partial charge on any atom is -0.296 e. The van der Waals surface area contributed by atoms with Crippen molar-refractivity contribution in [3.63, 3.8) is 0 Å². The number of aromatic nitrogens is 7. The number of hydrogen-bond donors (Lipinski definition) is 0. The maximum Gasteiger partial charge on any atom is 0.164 e. The zero-order valence-electron chi connectivity index (χ0n) is 33.8. The second kappa shape index (κ2) is 14.6. The highest BCUT2D eigenvalue weighted by Crippen LogP contribution is 2.40. The molecule has 0 N–H and O–H groups in total. The zero-order chi connectivity index (χ0) is 40.2. The van der Waals surface area contributed by atoms with Crippen molar-refractivity contribution in [1.82, 2.24) is 34.1 Å². The van der Waals surface area contributed by atoms with Gasteiger partial charge in [-0.1, -0.05) is 122 Å². The van der Waals surface area contributed by atoms with Gasteiger partial charge in [-0.2, -0.15) is 0 Å². The average Bonchev–Trinajstić information content (AvgIpc) is 3.85. The molecule has 7 heteroatoms. The van der Waals surface area contributed by atoms with Gasteiger partial charge in [0.25, 0.3) is 0 Å². The van der Waals surface area contributed by atoms with E-state index in [1.807, 2.05) is 6.07 Å². The number of rotatable bonds is 7. The van der Waals surface area contributed by atoms with Crippen molar-refractivity contribution in [1.29, 1.82) is 0 Å². The largest absolute Gasteiger partial charge is 0.296 e. The third kappa shape index (κ3) is 6.64. The van der Waals surface area contributed by atoms with E-state index in [9.17, 15) is 0 Å². The minimum atomic E-state index is 0.266. The Morgan fingerprint density at radius 1 is 0.441 bits per heavy atom. The Kier molecular flexibility index (Phi) is 8.94. The molecular formula is C52H43N7. The number of aryl methyl sites for hydroxylation is 3. The van der Waals surface area contributed by atoms with Crippen molar-refractivity contribution in [2.75, 3.05) is 0 Å². The van der Waals surface area contributed by atoms with Crippen LogP contribution in [0, 0.1) is 32.6 Å². The van der Waals surface area contributed by atoms with E-state index in [1.54, 1.807) is 0 Å². The molecule has 59 heavy (non-hydrogen) atoms. The molecule has 0 aliphatic heterocycles. The van der Waals surface area contributed by atoms with Gasteiger partial charge in [-0.15, -0.1) is 0 Å². The molecule has 0 radical (unpaired) electrons. The van der Waals surface area contributed by atoms with Gasteiger partial charge in [0.2, 0.25) is 0 Å². The van der Waals surface area contributed by atoms with Gasteiger partial charge in [-0.05, 0) is 92.9 Å². The monoisotopic (exact) mass is 765 g/mol. The Morgan fingerprint density at radius 2 is 0.949 bits per heavy atom. The molecule has 3 heterocycles. The van der Waals surface area contributed by atoms with Crippen molar-refractivity contribution in [3.05, 3.63) is 174 Å². The molecule has 9 aromatic rings. The number of benzene rings is 6. The predicted molar refractivity (Wildman–Crippen MR) is 241 cm³/mol. The van der Waals surface area contributed by atoms with Crippen molar-refractivity contribution in [3.8, 4) is 62.6 Å². The van der Waals surface area contributed by atoms with Crippen LogP contribution in [0.15, 0.2) is 158 Å². The van der Waals surface area contributed by atoms with Crippen LogP contribution in [0.25, 0.3) is 90.4 Å². The van der Waals surface area contributed by atoms with E-state index < -0.39 is 0 Å². The molecule has 1 aliphatic carbocycles. The Bertz CT molecular complexity index is 3050. The summed E-state index contributed by atoms with van der Waals surface area (Å²) in [7, 11) is 0. The highest BCUT2D eigenvalue weighted by atomic mass is 15.1. The molecule has 10 rings (SSSR count). The van der Waals surface area contributed by atoms with Gasteiger partial charge in [0.15, 0.2) is 17.5 Å². The van der Waals surface area contributed by atoms with Gasteiger partial charge >= 0.3 is 0 Å². The Labute approximate surface area is 344 Å². The first kappa shape index (κ1) is 36.1. The van der Waals surface area contributed by atoms with Crippen molar-refractivity contribution in [2.45, 2.75) is 34.6 Å². The molecule has 0 amide bonds. The topological polar surface area (TPSA) is 74.3 Å². The summed E-state index contributed by atoms with van der Waals surface area (Å²) in [5.74, 6) is 4.08. The van der Waals surface area contributed by atoms with Crippen molar-refractivity contribution < 1.29 is 0 Å². The first-order valence-corrected chi connectivity index (χ1v) is 20.2. The molecule has 1 aliphatic rings. The number of nitrogens with zero attached hydrogens (tertiary/aromatic N) is 7. The van der Waals surface area contributed by atoms with E-state index in [2.05, 4.69) is 195 Å². The fourth-order valence-electron chi connectivity index (χ4n) is 8.11. The van der Waals surface area contributed by atoms with E-state index >= 15 is 0 Å². The lowest BCUT2D eigenvalue weighted by Gasteiger charge is -2.26. The normalized spacial score (nSPS) is 15.2. The van der Waals surface area contributed by atoms with Gasteiger partial charge in [-0.3, -0.25) is 9.13 Å². The highest BCUT2D eigenvalue weighted by molar-refractivity contribution is 5.89. The van der Waals surface area contributed by atoms with Crippen LogP contribution >= 0.6 is 0 Å². The van der Waals surface area contributed by atoms with Crippen molar-refractivity contribution >= 4 is 27.8 Å². The van der Waals surface area contributed by atoms with E-state index in [0.717, 1.165) is 67.2 Å². The van der Waals surface area contributed by atoms with E-state index in [-0.39, 0.29) is 5.92 Å². The number of fused-ring (bicyclic) bond motifs is 2. The van der Waals surface area contributed by atoms with Crippen LogP contribution in [0.4, 0.5) is 0 Å². The molecule has 0 saturated heterocycles. The van der Waals surface area contributed by atoms with Gasteiger partial charge in [-0.25, -0.2) is 24.9 Å². The van der Waals surface area contributed by atoms with Crippen LogP contribution < -0.4 is 0 Å². The lowest BCUT2D eigenvalue weighted by atomic mass is 9.88. The highest BCUT2D eigenvalue weighted by Gasteiger charge is 2.26. The molecule has 3 aromatic heterocycles. The smallest absolute Gasteiger partial charge is 0.164 e. The van der Waals surface area contributed by atoms with E-state index in [4.69, 9.17) is 24.9 Å². The maximum atomic E-state index is 5.39. The van der Waals surface area contributed by atoms with Crippen molar-refractivity contribution in [2.24, 2.45) is 11.8 Å². The molecule has 0 saturated carbocycles. The van der Waals surface area contributed by atoms with E-state index in [1.165, 1.54) is 22.4 Å². The minimum absolute atomic E-state index is 0.266. The second-order valence-electron chi connectivity index (χ2n) is 15.8. The third-order valence-corrected chi connectivity index (χ3v) is 11.5. The number of hydrogen-bond acceptors (Lipinski definition) is 5. The standard InChI is InChI=1S/C52H43N7/c1-32-20-24-37(25-21-32)48-55-49(38-26-22-33(2)23-27-38)57-50(56-48)39-29-40(51-53-43-15-6-8-17-46(43)58(51)42-14-10-12-34(3)28-42)31-41(30-39)52-54-44-16-7-9-18-47(44)59(52)45-19-11-13-35(4)36(45)5/h6-31,35-36H,1-5H3. The Morgan fingerprint density at radius 3 is 1.53 bits per heavy atom. The number of allylic oxidation sites excluding steroid dienone is 4. The quantitative estimate of drug-likeness (QED) is 0.161. The summed E-state index contributed by atoms with van der Waals surface area (Å²) in [6.07, 6.45) is 6.69. The number of imidazole rings is 2. The summed E-state index contributed by atoms with van der Waals surface area (Å²) in [6, 6.07) is 48.6. The lowest BCUT2D eigenvalue weighted by molar-refractivity contribution is 0.550. The van der Waals surface area contributed by atoms with Gasteiger partial charge in [0.05, 0.1) is 22.1 Å². The Hall–Kier alpha value is -7.25. The second-order valence-corrected chi connectivity index (χ2v) is 15.8. The van der Waals surface area contributed by atoms with Crippen LogP contribution in [0.1, 0.15) is 30.5 Å². The van der Waals surface area contributed by atoms with Crippen LogP contribution in [0.2, 0.25) is 0 Å². The van der Waals surface area contributed by atoms with Crippen LogP contribution in [-0.4, -0.2) is 34.1 Å². The van der Waals surface area contributed by atoms with Gasteiger partial charge < -0.3 is 0 Å². The fourth-order valence-corrected chi connectivity index (χ4v) is 8.11. The Balaban J connectivity index is 1.28. The SMILES string of the molecule is Cc1ccc(-c2nc(-c3ccc(C)cc3)nc(-c3cc(-c4nc5ccccc5n4C4=CC=CC(C)C4C)cc(-c4nc5ccccc5n4-c4cccc(C)c4)c3)n2)cc1. The van der Waals surface area contributed by atoms with E-state index in [0.29, 0.717) is 23.4 Å². The summed E-state index contributed by atoms with van der Waals surface area (Å²) >= 11 is 0. The average molecular weight is 766 g/mol. The molecule has 0 bridgehead atoms. The zero-order valence-corrected chi connectivity index (χ0v) is 33.8. The van der Waals surface area contributed by atoms with Gasteiger partial charge in [0.1, 0.15) is 11.6 Å². The molecular weight excluding hydrogens is 723 g/mol. The molecule has 0 fully saturated rings. The molecule has 2 unspecified atom stereocenters. The summed E-state index contributed by atoms with van der Waals surface area (Å²) in [4.78, 5) is 26.3. The van der Waals surface area contributed by atoms with Crippen LogP contribution in [0.3, 0.4) is 0 Å². The predicted octanol–water partition coefficient (Wildman–Crippen LogP) is 12.5. The summed E-state index contributed by atoms with van der Waals surface area (Å²) in [5.41, 5.74) is 14.2. The third-order valence-electron chi connectivity index (χ3n) is 11.5. The molecule has 2 atom stereocenters. The van der Waals surface area contributed by atoms with Crippen LogP contribution in [-0.2, 0) is 0 Å². The first-order valence-electron chi connectivity index (χ1n) is 20.2. The number of para-hydroxylation sites is 4. The van der Waals surface area contributed by atoms with Crippen LogP contribution in [0.5, 0.6) is 0 Å². The maximum absolute atomic E-state index is 5.39. The van der Waals surface area contributed by atoms with Gasteiger partial charge in [0, 0.05) is 45.1 Å². The summed E-state index contributed by atoms with van der Waals surface area (Å²) < 4.78 is 4.60. The molecule has 6 aromatic carbocycles. The fraction of sp³-hybridized carbons (Fsp3) is 0.135. The summed E-state index contributed by atoms with van der Waals surface area (Å²) in [6.45, 7) is 10.9. The summed E-state index contributed by atoms with van der Waals surface area (Å²) in [5, 5.41) is 0. The molecule has 286 valence electrons.